The maximum atomic E-state index is 5.77. The van der Waals surface area contributed by atoms with E-state index >= 15 is 0 Å². The van der Waals surface area contributed by atoms with Crippen molar-refractivity contribution in [2.45, 2.75) is 6.54 Å². The van der Waals surface area contributed by atoms with Crippen LogP contribution in [0.2, 0.25) is 0 Å². The van der Waals surface area contributed by atoms with Crippen LogP contribution in [-0.2, 0) is 6.54 Å². The van der Waals surface area contributed by atoms with Crippen LogP contribution < -0.4 is 4.74 Å². The first kappa shape index (κ1) is 16.6. The second kappa shape index (κ2) is 6.86. The van der Waals surface area contributed by atoms with Crippen LogP contribution in [0.4, 0.5) is 0 Å². The molecule has 0 spiro atoms. The lowest BCUT2D eigenvalue weighted by Crippen LogP contribution is -2.02. The molecule has 0 N–H and O–H groups in total. The highest BCUT2D eigenvalue weighted by atomic mass is 16.5. The van der Waals surface area contributed by atoms with Gasteiger partial charge in [0.25, 0.3) is 0 Å². The van der Waals surface area contributed by atoms with Gasteiger partial charge >= 0.3 is 0 Å². The molecule has 0 saturated carbocycles. The second-order valence-corrected chi connectivity index (χ2v) is 6.87. The zero-order chi connectivity index (χ0) is 18.9. The molecule has 0 fully saturated rings. The number of nitrogens with zero attached hydrogens (tertiary/aromatic N) is 2. The van der Waals surface area contributed by atoms with Gasteiger partial charge in [0.15, 0.2) is 0 Å². The largest absolute Gasteiger partial charge is 0.479 e. The van der Waals surface area contributed by atoms with E-state index in [2.05, 4.69) is 71.3 Å². The van der Waals surface area contributed by atoms with Gasteiger partial charge < -0.3 is 9.30 Å². The van der Waals surface area contributed by atoms with Crippen molar-refractivity contribution < 1.29 is 4.74 Å². The van der Waals surface area contributed by atoms with Gasteiger partial charge in [-0.1, -0.05) is 78.9 Å². The van der Waals surface area contributed by atoms with Gasteiger partial charge in [-0.15, -0.1) is 0 Å². The molecule has 3 aromatic carbocycles. The first-order chi connectivity index (χ1) is 13.8. The number of aromatic nitrogens is 2. The number of pyridine rings is 1. The Hall–Kier alpha value is -3.59. The van der Waals surface area contributed by atoms with E-state index in [1.165, 1.54) is 16.5 Å². The highest BCUT2D eigenvalue weighted by molar-refractivity contribution is 6.10. The fourth-order valence-electron chi connectivity index (χ4n) is 3.87. The Bertz CT molecular complexity index is 1260. The van der Waals surface area contributed by atoms with Crippen LogP contribution in [0, 0.1) is 0 Å². The van der Waals surface area contributed by atoms with Gasteiger partial charge in [0.05, 0.1) is 12.8 Å². The van der Waals surface area contributed by atoms with Crippen LogP contribution in [0.3, 0.4) is 0 Å². The third-order valence-electron chi connectivity index (χ3n) is 5.16. The van der Waals surface area contributed by atoms with Gasteiger partial charge in [-0.2, -0.15) is 0 Å². The van der Waals surface area contributed by atoms with Gasteiger partial charge in [-0.25, -0.2) is 4.98 Å². The molecule has 136 valence electrons. The number of benzene rings is 3. The van der Waals surface area contributed by atoms with Crippen LogP contribution in [0.15, 0.2) is 91.0 Å². The molecule has 0 atom stereocenters. The van der Waals surface area contributed by atoms with Crippen molar-refractivity contribution in [3.8, 4) is 17.1 Å². The summed E-state index contributed by atoms with van der Waals surface area (Å²) < 4.78 is 8.07. The maximum Gasteiger partial charge on any atom is 0.238 e. The standard InChI is InChI=1S/C25H20N2O/c1-28-25-24-21(16-22(26-25)19-12-6-3-7-13-19)20-14-8-9-15-23(20)27(24)17-18-10-4-2-5-11-18/h2-16H,17H2,1H3. The topological polar surface area (TPSA) is 27.1 Å². The molecular formula is C25H20N2O. The fourth-order valence-corrected chi connectivity index (χ4v) is 3.87. The average molecular weight is 364 g/mol. The SMILES string of the molecule is COc1nc(-c2ccccc2)cc2c3ccccc3n(Cc3ccccc3)c12. The lowest BCUT2D eigenvalue weighted by molar-refractivity contribution is 0.402. The molecule has 5 aromatic rings. The minimum absolute atomic E-state index is 0.656. The second-order valence-electron chi connectivity index (χ2n) is 6.87. The summed E-state index contributed by atoms with van der Waals surface area (Å²) in [6.07, 6.45) is 0. The predicted octanol–water partition coefficient (Wildman–Crippen LogP) is 5.91. The maximum absolute atomic E-state index is 5.77. The number of methoxy groups -OCH3 is 1. The molecule has 0 bridgehead atoms. The first-order valence-corrected chi connectivity index (χ1v) is 9.40. The molecule has 0 saturated heterocycles. The van der Waals surface area contributed by atoms with Crippen molar-refractivity contribution in [3.63, 3.8) is 0 Å². The molecular weight excluding hydrogens is 344 g/mol. The lowest BCUT2D eigenvalue weighted by Gasteiger charge is -2.11. The van der Waals surface area contributed by atoms with E-state index in [0.717, 1.165) is 28.7 Å². The molecule has 0 unspecified atom stereocenters. The minimum Gasteiger partial charge on any atom is -0.479 e. The summed E-state index contributed by atoms with van der Waals surface area (Å²) in [5, 5.41) is 2.38. The quantitative estimate of drug-likeness (QED) is 0.396. The summed E-state index contributed by atoms with van der Waals surface area (Å²) in [7, 11) is 1.70. The molecule has 2 aromatic heterocycles. The summed E-state index contributed by atoms with van der Waals surface area (Å²) in [6, 6.07) is 31.4. The highest BCUT2D eigenvalue weighted by Gasteiger charge is 2.18. The van der Waals surface area contributed by atoms with Crippen LogP contribution in [0.1, 0.15) is 5.56 Å². The van der Waals surface area contributed by atoms with E-state index in [1.54, 1.807) is 7.11 Å². The van der Waals surface area contributed by atoms with E-state index < -0.39 is 0 Å². The number of ether oxygens (including phenoxy) is 1. The zero-order valence-corrected chi connectivity index (χ0v) is 15.7. The number of rotatable bonds is 4. The average Bonchev–Trinajstić information content (AvgIpc) is 3.08. The van der Waals surface area contributed by atoms with Gasteiger partial charge in [0.1, 0.15) is 5.52 Å². The monoisotopic (exact) mass is 364 g/mol. The van der Waals surface area contributed by atoms with E-state index in [1.807, 2.05) is 24.3 Å². The first-order valence-electron chi connectivity index (χ1n) is 9.40. The van der Waals surface area contributed by atoms with Crippen LogP contribution in [0.5, 0.6) is 5.88 Å². The molecule has 0 aliphatic rings. The third kappa shape index (κ3) is 2.72. The summed E-state index contributed by atoms with van der Waals surface area (Å²) in [5.41, 5.74) is 5.48. The molecule has 3 heteroatoms. The molecule has 28 heavy (non-hydrogen) atoms. The normalized spacial score (nSPS) is 11.2. The fraction of sp³-hybridized carbons (Fsp3) is 0.0800. The van der Waals surface area contributed by atoms with Crippen molar-refractivity contribution in [1.29, 1.82) is 0 Å². The van der Waals surface area contributed by atoms with Crippen molar-refractivity contribution >= 4 is 21.8 Å². The van der Waals surface area contributed by atoms with Gasteiger partial charge in [-0.05, 0) is 17.7 Å². The molecule has 0 amide bonds. The number of hydrogen-bond donors (Lipinski definition) is 0. The smallest absolute Gasteiger partial charge is 0.238 e. The Morgan fingerprint density at radius 3 is 2.21 bits per heavy atom. The zero-order valence-electron chi connectivity index (χ0n) is 15.7. The van der Waals surface area contributed by atoms with Crippen molar-refractivity contribution in [3.05, 3.63) is 96.6 Å². The highest BCUT2D eigenvalue weighted by Crippen LogP contribution is 2.37. The summed E-state index contributed by atoms with van der Waals surface area (Å²) in [4.78, 5) is 4.84. The molecule has 2 heterocycles. The van der Waals surface area contributed by atoms with Crippen molar-refractivity contribution in [2.75, 3.05) is 7.11 Å². The number of hydrogen-bond acceptors (Lipinski definition) is 2. The lowest BCUT2D eigenvalue weighted by atomic mass is 10.1. The Balaban J connectivity index is 1.82. The summed E-state index contributed by atoms with van der Waals surface area (Å²) in [6.45, 7) is 0.771. The number of para-hydroxylation sites is 1. The van der Waals surface area contributed by atoms with E-state index in [0.29, 0.717) is 5.88 Å². The van der Waals surface area contributed by atoms with Crippen LogP contribution in [-0.4, -0.2) is 16.7 Å². The van der Waals surface area contributed by atoms with E-state index in [9.17, 15) is 0 Å². The Morgan fingerprint density at radius 2 is 1.46 bits per heavy atom. The third-order valence-corrected chi connectivity index (χ3v) is 5.16. The van der Waals surface area contributed by atoms with Crippen LogP contribution >= 0.6 is 0 Å². The van der Waals surface area contributed by atoms with Gasteiger partial charge in [-0.3, -0.25) is 0 Å². The van der Waals surface area contributed by atoms with Crippen LogP contribution in [0.25, 0.3) is 33.1 Å². The molecule has 3 nitrogen and oxygen atoms in total. The molecule has 0 radical (unpaired) electrons. The minimum atomic E-state index is 0.656. The summed E-state index contributed by atoms with van der Waals surface area (Å²) in [5.74, 6) is 0.656. The Kier molecular flexibility index (Phi) is 4.06. The predicted molar refractivity (Wildman–Crippen MR) is 115 cm³/mol. The Labute approximate surface area is 163 Å². The van der Waals surface area contributed by atoms with Crippen molar-refractivity contribution in [1.82, 2.24) is 9.55 Å². The molecule has 0 aliphatic carbocycles. The van der Waals surface area contributed by atoms with Gasteiger partial charge in [0.2, 0.25) is 5.88 Å². The van der Waals surface area contributed by atoms with E-state index in [4.69, 9.17) is 9.72 Å². The van der Waals surface area contributed by atoms with Gasteiger partial charge in [0, 0.05) is 28.4 Å². The van der Waals surface area contributed by atoms with E-state index in [-0.39, 0.29) is 0 Å². The number of fused-ring (bicyclic) bond motifs is 3. The molecule has 5 rings (SSSR count). The Morgan fingerprint density at radius 1 is 0.786 bits per heavy atom. The summed E-state index contributed by atoms with van der Waals surface area (Å²) >= 11 is 0. The molecule has 0 aliphatic heterocycles. The van der Waals surface area contributed by atoms with Crippen molar-refractivity contribution in [2.24, 2.45) is 0 Å².